The van der Waals surface area contributed by atoms with Gasteiger partial charge >= 0.3 is 6.09 Å². The van der Waals surface area contributed by atoms with E-state index in [1.807, 2.05) is 20.8 Å². The highest BCUT2D eigenvalue weighted by Gasteiger charge is 2.65. The normalized spacial score (nSPS) is 32.0. The van der Waals surface area contributed by atoms with Crippen LogP contribution in [0.5, 0.6) is 0 Å². The molecule has 17 heavy (non-hydrogen) atoms. The number of likely N-dealkylation sites (tertiary alicyclic amines) is 1. The van der Waals surface area contributed by atoms with E-state index in [0.717, 1.165) is 19.5 Å². The lowest BCUT2D eigenvalue weighted by Crippen LogP contribution is -2.59. The van der Waals surface area contributed by atoms with Crippen molar-refractivity contribution in [3.05, 3.63) is 0 Å². The summed E-state index contributed by atoms with van der Waals surface area (Å²) in [4.78, 5) is 13.5. The van der Waals surface area contributed by atoms with Crippen molar-refractivity contribution in [2.24, 2.45) is 17.1 Å². The zero-order chi connectivity index (χ0) is 13.1. The van der Waals surface area contributed by atoms with Gasteiger partial charge in [0.05, 0.1) is 0 Å². The second-order valence-electron chi connectivity index (χ2n) is 7.18. The summed E-state index contributed by atoms with van der Waals surface area (Å²) < 4.78 is 5.32. The highest BCUT2D eigenvalue weighted by atomic mass is 16.6. The summed E-state index contributed by atoms with van der Waals surface area (Å²) >= 11 is 0. The highest BCUT2D eigenvalue weighted by Crippen LogP contribution is 2.59. The zero-order valence-corrected chi connectivity index (χ0v) is 11.5. The summed E-state index contributed by atoms with van der Waals surface area (Å²) in [5.74, 6) is 0.435. The standard InChI is InChI=1S/C13H24N2O2/c1-11(2,3)17-10(16)15-6-9(7-15)13(14)8-12(13,4)5/h9H,6-8,14H2,1-5H3. The minimum atomic E-state index is -0.415. The van der Waals surface area contributed by atoms with Gasteiger partial charge < -0.3 is 15.4 Å². The number of rotatable bonds is 1. The lowest BCUT2D eigenvalue weighted by Gasteiger charge is -2.44. The molecule has 1 saturated heterocycles. The first-order valence-electron chi connectivity index (χ1n) is 6.32. The van der Waals surface area contributed by atoms with E-state index >= 15 is 0 Å². The van der Waals surface area contributed by atoms with Crippen LogP contribution in [0.3, 0.4) is 0 Å². The predicted octanol–water partition coefficient (Wildman–Crippen LogP) is 1.98. The van der Waals surface area contributed by atoms with E-state index in [9.17, 15) is 4.79 Å². The van der Waals surface area contributed by atoms with Gasteiger partial charge in [0, 0.05) is 24.5 Å². The van der Waals surface area contributed by atoms with Crippen LogP contribution in [-0.4, -0.2) is 35.2 Å². The summed E-state index contributed by atoms with van der Waals surface area (Å²) in [6.07, 6.45) is 0.850. The van der Waals surface area contributed by atoms with Gasteiger partial charge in [-0.05, 0) is 32.6 Å². The monoisotopic (exact) mass is 240 g/mol. The summed E-state index contributed by atoms with van der Waals surface area (Å²) in [5, 5.41) is 0. The Labute approximate surface area is 103 Å². The van der Waals surface area contributed by atoms with Gasteiger partial charge in [-0.2, -0.15) is 0 Å². The Morgan fingerprint density at radius 1 is 1.35 bits per heavy atom. The molecular weight excluding hydrogens is 216 g/mol. The third kappa shape index (κ3) is 2.15. The Bertz CT molecular complexity index is 340. The van der Waals surface area contributed by atoms with Gasteiger partial charge in [0.2, 0.25) is 0 Å². The Morgan fingerprint density at radius 3 is 2.18 bits per heavy atom. The first-order valence-corrected chi connectivity index (χ1v) is 6.32. The Hall–Kier alpha value is -0.770. The van der Waals surface area contributed by atoms with Crippen molar-refractivity contribution in [1.29, 1.82) is 0 Å². The van der Waals surface area contributed by atoms with Crippen molar-refractivity contribution in [1.82, 2.24) is 4.90 Å². The van der Waals surface area contributed by atoms with Crippen LogP contribution >= 0.6 is 0 Å². The maximum atomic E-state index is 11.8. The number of amides is 1. The number of hydrogen-bond acceptors (Lipinski definition) is 3. The number of carbonyl (C=O) groups is 1. The van der Waals surface area contributed by atoms with Crippen molar-refractivity contribution in [2.45, 2.75) is 52.2 Å². The van der Waals surface area contributed by atoms with Crippen molar-refractivity contribution in [3.8, 4) is 0 Å². The van der Waals surface area contributed by atoms with Crippen LogP contribution in [0.15, 0.2) is 0 Å². The van der Waals surface area contributed by atoms with E-state index in [2.05, 4.69) is 13.8 Å². The average molecular weight is 240 g/mol. The number of carbonyl (C=O) groups excluding carboxylic acids is 1. The van der Waals surface area contributed by atoms with Gasteiger partial charge in [-0.3, -0.25) is 0 Å². The minimum Gasteiger partial charge on any atom is -0.444 e. The second-order valence-corrected chi connectivity index (χ2v) is 7.18. The molecule has 1 heterocycles. The summed E-state index contributed by atoms with van der Waals surface area (Å²) in [6, 6.07) is 0. The number of nitrogens with two attached hydrogens (primary N) is 1. The molecule has 2 aliphatic rings. The van der Waals surface area contributed by atoms with E-state index < -0.39 is 5.60 Å². The van der Waals surface area contributed by atoms with Crippen LogP contribution in [0.2, 0.25) is 0 Å². The molecule has 1 atom stereocenters. The summed E-state index contributed by atoms with van der Waals surface area (Å²) in [5.41, 5.74) is 6.10. The molecule has 4 nitrogen and oxygen atoms in total. The molecule has 0 spiro atoms. The molecule has 2 fully saturated rings. The first-order chi connectivity index (χ1) is 7.55. The number of ether oxygens (including phenoxy) is 1. The maximum absolute atomic E-state index is 11.8. The largest absolute Gasteiger partial charge is 0.444 e. The molecule has 1 saturated carbocycles. The molecular formula is C13H24N2O2. The molecule has 1 unspecified atom stereocenters. The van der Waals surface area contributed by atoms with Gasteiger partial charge in [0.1, 0.15) is 5.60 Å². The van der Waals surface area contributed by atoms with Gasteiger partial charge in [0.25, 0.3) is 0 Å². The lowest BCUT2D eigenvalue weighted by molar-refractivity contribution is -0.00867. The smallest absolute Gasteiger partial charge is 0.410 e. The molecule has 1 aliphatic carbocycles. The molecule has 1 aliphatic heterocycles. The van der Waals surface area contributed by atoms with E-state index in [1.54, 1.807) is 4.90 Å². The van der Waals surface area contributed by atoms with Crippen molar-refractivity contribution in [3.63, 3.8) is 0 Å². The van der Waals surface area contributed by atoms with Gasteiger partial charge in [-0.1, -0.05) is 13.8 Å². The molecule has 0 radical (unpaired) electrons. The SMILES string of the molecule is CC(C)(C)OC(=O)N1CC(C2(N)CC2(C)C)C1. The van der Waals surface area contributed by atoms with Gasteiger partial charge in [0.15, 0.2) is 0 Å². The lowest BCUT2D eigenvalue weighted by atomic mass is 9.85. The molecule has 0 bridgehead atoms. The highest BCUT2D eigenvalue weighted by molar-refractivity contribution is 5.69. The van der Waals surface area contributed by atoms with E-state index in [0.29, 0.717) is 5.92 Å². The van der Waals surface area contributed by atoms with E-state index in [-0.39, 0.29) is 17.0 Å². The van der Waals surface area contributed by atoms with Crippen LogP contribution in [0.4, 0.5) is 4.79 Å². The second kappa shape index (κ2) is 3.37. The maximum Gasteiger partial charge on any atom is 0.410 e. The zero-order valence-electron chi connectivity index (χ0n) is 11.5. The van der Waals surface area contributed by atoms with E-state index in [4.69, 9.17) is 10.5 Å². The van der Waals surface area contributed by atoms with Crippen LogP contribution < -0.4 is 5.73 Å². The average Bonchev–Trinajstić information content (AvgIpc) is 2.42. The van der Waals surface area contributed by atoms with E-state index in [1.165, 1.54) is 0 Å². The topological polar surface area (TPSA) is 55.6 Å². The quantitative estimate of drug-likeness (QED) is 0.762. The third-order valence-corrected chi connectivity index (χ3v) is 4.13. The fourth-order valence-corrected chi connectivity index (χ4v) is 2.66. The van der Waals surface area contributed by atoms with Gasteiger partial charge in [-0.15, -0.1) is 0 Å². The van der Waals surface area contributed by atoms with Crippen molar-refractivity contribution in [2.75, 3.05) is 13.1 Å². The first kappa shape index (κ1) is 12.7. The van der Waals surface area contributed by atoms with Crippen LogP contribution in [0, 0.1) is 11.3 Å². The molecule has 4 heteroatoms. The van der Waals surface area contributed by atoms with Crippen LogP contribution in [0.1, 0.15) is 41.0 Å². The predicted molar refractivity (Wildman–Crippen MR) is 66.6 cm³/mol. The number of nitrogens with zero attached hydrogens (tertiary/aromatic N) is 1. The fraction of sp³-hybridized carbons (Fsp3) is 0.923. The molecule has 1 amide bonds. The Balaban J connectivity index is 1.82. The molecule has 2 N–H and O–H groups in total. The summed E-state index contributed by atoms with van der Waals surface area (Å²) in [6.45, 7) is 11.5. The molecule has 0 aromatic carbocycles. The molecule has 0 aromatic heterocycles. The molecule has 98 valence electrons. The van der Waals surface area contributed by atoms with Crippen LogP contribution in [-0.2, 0) is 4.74 Å². The molecule has 2 rings (SSSR count). The van der Waals surface area contributed by atoms with Gasteiger partial charge in [-0.25, -0.2) is 4.79 Å². The Kier molecular flexibility index (Phi) is 2.52. The molecule has 0 aromatic rings. The third-order valence-electron chi connectivity index (χ3n) is 4.13. The summed E-state index contributed by atoms with van der Waals surface area (Å²) in [7, 11) is 0. The Morgan fingerprint density at radius 2 is 1.82 bits per heavy atom. The van der Waals surface area contributed by atoms with Crippen molar-refractivity contribution >= 4 is 6.09 Å². The van der Waals surface area contributed by atoms with Crippen molar-refractivity contribution < 1.29 is 9.53 Å². The van der Waals surface area contributed by atoms with Crippen LogP contribution in [0.25, 0.3) is 0 Å². The number of hydrogen-bond donors (Lipinski definition) is 1. The fourth-order valence-electron chi connectivity index (χ4n) is 2.66. The minimum absolute atomic E-state index is 0.0640.